The van der Waals surface area contributed by atoms with Gasteiger partial charge in [-0.25, -0.2) is 15.0 Å². The molecule has 0 radical (unpaired) electrons. The fourth-order valence-corrected chi connectivity index (χ4v) is 7.61. The number of para-hydroxylation sites is 2. The van der Waals surface area contributed by atoms with Crippen molar-refractivity contribution in [2.45, 2.75) is 6.92 Å². The van der Waals surface area contributed by atoms with Crippen molar-refractivity contribution in [2.24, 2.45) is 0 Å². The molecule has 5 nitrogen and oxygen atoms in total. The van der Waals surface area contributed by atoms with E-state index in [0.29, 0.717) is 22.9 Å². The molecular weight excluding hydrogens is 699 g/mol. The number of aromatic nitrogens is 3. The number of aryl methyl sites for hydroxylation is 1. The molecule has 10 aromatic rings. The van der Waals surface area contributed by atoms with E-state index >= 15 is 0 Å². The summed E-state index contributed by atoms with van der Waals surface area (Å²) in [5, 5.41) is 2.88. The van der Waals surface area contributed by atoms with Gasteiger partial charge in [0, 0.05) is 38.2 Å². The number of nitrogens with zero attached hydrogens (tertiary/aromatic N) is 3. The smallest absolute Gasteiger partial charge is 0.164 e. The molecule has 270 valence electrons. The topological polar surface area (TPSA) is 65.0 Å². The highest BCUT2D eigenvalue weighted by molar-refractivity contribution is 5.91. The minimum absolute atomic E-state index is 0.610. The lowest BCUT2D eigenvalue weighted by atomic mass is 9.92. The average molecular weight is 734 g/mol. The zero-order valence-corrected chi connectivity index (χ0v) is 31.2. The highest BCUT2D eigenvalue weighted by atomic mass is 16.3. The third kappa shape index (κ3) is 6.21. The lowest BCUT2D eigenvalue weighted by molar-refractivity contribution is 0.560. The molecule has 0 spiro atoms. The minimum atomic E-state index is 0.610. The van der Waals surface area contributed by atoms with Gasteiger partial charge < -0.3 is 8.83 Å². The molecule has 5 heteroatoms. The van der Waals surface area contributed by atoms with Gasteiger partial charge in [-0.05, 0) is 59.0 Å². The van der Waals surface area contributed by atoms with E-state index in [1.54, 1.807) is 0 Å². The van der Waals surface area contributed by atoms with E-state index < -0.39 is 0 Å². The highest BCUT2D eigenvalue weighted by Crippen LogP contribution is 2.37. The average Bonchev–Trinajstić information content (AvgIpc) is 3.80. The van der Waals surface area contributed by atoms with Gasteiger partial charge in [0.15, 0.2) is 17.5 Å². The van der Waals surface area contributed by atoms with Gasteiger partial charge in [-0.1, -0.05) is 164 Å². The Labute approximate surface area is 329 Å². The molecule has 3 heterocycles. The van der Waals surface area contributed by atoms with Crippen LogP contribution in [0.25, 0.3) is 90.5 Å². The SMILES string of the molecule is C=c1/c(=C(/c2ccc(-c3ccc(-c4nc(-c5ccccc5)nc(-c5ccccc5)n4)c(-c4ccccc4)c3)cc2)c2oc3ccccc3c2C)oc2ccccc12. The monoisotopic (exact) mass is 733 g/mol. The Balaban J connectivity index is 1.12. The molecule has 0 bridgehead atoms. The minimum Gasteiger partial charge on any atom is -0.456 e. The van der Waals surface area contributed by atoms with E-state index in [2.05, 4.69) is 86.3 Å². The molecule has 0 unspecified atom stereocenters. The fourth-order valence-electron chi connectivity index (χ4n) is 7.61. The number of benzene rings is 7. The van der Waals surface area contributed by atoms with Gasteiger partial charge in [0.1, 0.15) is 22.3 Å². The molecule has 0 aliphatic heterocycles. The first kappa shape index (κ1) is 33.9. The van der Waals surface area contributed by atoms with E-state index in [0.717, 1.165) is 88.6 Å². The predicted octanol–water partition coefficient (Wildman–Crippen LogP) is 11.7. The van der Waals surface area contributed by atoms with Crippen LogP contribution in [0, 0.1) is 6.92 Å². The number of rotatable bonds is 7. The molecule has 0 N–H and O–H groups in total. The molecule has 0 fully saturated rings. The lowest BCUT2D eigenvalue weighted by Crippen LogP contribution is -2.22. The van der Waals surface area contributed by atoms with Crippen molar-refractivity contribution in [3.63, 3.8) is 0 Å². The van der Waals surface area contributed by atoms with Crippen molar-refractivity contribution in [1.29, 1.82) is 0 Å². The van der Waals surface area contributed by atoms with Crippen molar-refractivity contribution in [3.8, 4) is 56.4 Å². The normalized spacial score (nSPS) is 11.9. The van der Waals surface area contributed by atoms with Crippen LogP contribution in [0.1, 0.15) is 16.9 Å². The number of furan rings is 2. The van der Waals surface area contributed by atoms with Gasteiger partial charge in [-0.2, -0.15) is 0 Å². The van der Waals surface area contributed by atoms with Crippen molar-refractivity contribution in [1.82, 2.24) is 15.0 Å². The maximum Gasteiger partial charge on any atom is 0.164 e. The lowest BCUT2D eigenvalue weighted by Gasteiger charge is -2.14. The maximum absolute atomic E-state index is 6.59. The summed E-state index contributed by atoms with van der Waals surface area (Å²) in [5.41, 5.74) is 12.2. The van der Waals surface area contributed by atoms with Gasteiger partial charge in [0.05, 0.1) is 5.57 Å². The Morgan fingerprint density at radius 2 is 0.947 bits per heavy atom. The summed E-state index contributed by atoms with van der Waals surface area (Å²) < 4.78 is 13.1. The summed E-state index contributed by atoms with van der Waals surface area (Å²) in [7, 11) is 0. The van der Waals surface area contributed by atoms with Crippen LogP contribution < -0.4 is 10.6 Å². The Morgan fingerprint density at radius 3 is 1.54 bits per heavy atom. The van der Waals surface area contributed by atoms with E-state index in [1.165, 1.54) is 0 Å². The van der Waals surface area contributed by atoms with Crippen LogP contribution in [-0.4, -0.2) is 15.0 Å². The molecule has 0 amide bonds. The quantitative estimate of drug-likeness (QED) is 0.163. The van der Waals surface area contributed by atoms with Crippen LogP contribution in [0.2, 0.25) is 0 Å². The first-order valence-electron chi connectivity index (χ1n) is 19.0. The van der Waals surface area contributed by atoms with E-state index in [1.807, 2.05) is 109 Å². The predicted molar refractivity (Wildman–Crippen MR) is 231 cm³/mol. The molecule has 3 aromatic heterocycles. The molecule has 0 aliphatic carbocycles. The molecule has 10 rings (SSSR count). The van der Waals surface area contributed by atoms with Crippen molar-refractivity contribution >= 4 is 34.1 Å². The molecule has 0 aliphatic rings. The van der Waals surface area contributed by atoms with Crippen LogP contribution in [0.5, 0.6) is 0 Å². The van der Waals surface area contributed by atoms with Crippen molar-refractivity contribution in [2.75, 3.05) is 0 Å². The molecule has 0 atom stereocenters. The van der Waals surface area contributed by atoms with Crippen LogP contribution in [-0.2, 0) is 0 Å². The number of hydrogen-bond acceptors (Lipinski definition) is 5. The largest absolute Gasteiger partial charge is 0.456 e. The van der Waals surface area contributed by atoms with Gasteiger partial charge in [0.25, 0.3) is 0 Å². The Bertz CT molecular complexity index is 3130. The van der Waals surface area contributed by atoms with Crippen LogP contribution in [0.3, 0.4) is 0 Å². The van der Waals surface area contributed by atoms with E-state index in [4.69, 9.17) is 23.8 Å². The van der Waals surface area contributed by atoms with E-state index in [9.17, 15) is 0 Å². The van der Waals surface area contributed by atoms with Gasteiger partial charge in [-0.15, -0.1) is 0 Å². The molecule has 0 saturated heterocycles. The second kappa shape index (κ2) is 14.2. The summed E-state index contributed by atoms with van der Waals surface area (Å²) in [5.74, 6) is 2.63. The number of fused-ring (bicyclic) bond motifs is 2. The summed E-state index contributed by atoms with van der Waals surface area (Å²) in [6.07, 6.45) is 0. The van der Waals surface area contributed by atoms with Crippen LogP contribution in [0.15, 0.2) is 191 Å². The molecule has 57 heavy (non-hydrogen) atoms. The van der Waals surface area contributed by atoms with Gasteiger partial charge in [0.2, 0.25) is 0 Å². The summed E-state index contributed by atoms with van der Waals surface area (Å²) in [6, 6.07) is 61.8. The van der Waals surface area contributed by atoms with Gasteiger partial charge >= 0.3 is 0 Å². The number of hydrogen-bond donors (Lipinski definition) is 0. The van der Waals surface area contributed by atoms with Crippen LogP contribution in [0.4, 0.5) is 0 Å². The summed E-state index contributed by atoms with van der Waals surface area (Å²) >= 11 is 0. The second-order valence-electron chi connectivity index (χ2n) is 14.1. The van der Waals surface area contributed by atoms with Crippen molar-refractivity contribution in [3.05, 3.63) is 210 Å². The standard InChI is InChI=1S/C52H35N3O2/c1-33-41-22-12-14-24-45(41)56-48(33)47(49-34(2)42-23-13-15-25-46(42)57-49)37-28-26-35(27-29-37)40-30-31-43(44(32-40)36-16-6-3-7-17-36)52-54-50(38-18-8-4-9-19-38)53-51(55-52)39-20-10-5-11-21-39/h3-32H,1H2,2H3/b48-47+. The summed E-state index contributed by atoms with van der Waals surface area (Å²) in [4.78, 5) is 15.1. The summed E-state index contributed by atoms with van der Waals surface area (Å²) in [6.45, 7) is 6.58. The Morgan fingerprint density at radius 1 is 0.439 bits per heavy atom. The molecule has 0 saturated carbocycles. The zero-order valence-electron chi connectivity index (χ0n) is 31.2. The van der Waals surface area contributed by atoms with E-state index in [-0.39, 0.29) is 0 Å². The van der Waals surface area contributed by atoms with Crippen molar-refractivity contribution < 1.29 is 8.83 Å². The maximum atomic E-state index is 6.59. The highest BCUT2D eigenvalue weighted by Gasteiger charge is 2.21. The Kier molecular flexibility index (Phi) is 8.46. The fraction of sp³-hybridized carbons (Fsp3) is 0.0192. The molecule has 7 aromatic carbocycles. The van der Waals surface area contributed by atoms with Crippen LogP contribution >= 0.6 is 0 Å². The molecular formula is C52H35N3O2. The van der Waals surface area contributed by atoms with Gasteiger partial charge in [-0.3, -0.25) is 0 Å². The zero-order chi connectivity index (χ0) is 38.3. The Hall–Kier alpha value is -7.63. The third-order valence-corrected chi connectivity index (χ3v) is 10.5. The first-order valence-corrected chi connectivity index (χ1v) is 19.0. The first-order chi connectivity index (χ1) is 28.1. The second-order valence-corrected chi connectivity index (χ2v) is 14.1. The third-order valence-electron chi connectivity index (χ3n) is 10.5.